The summed E-state index contributed by atoms with van der Waals surface area (Å²) in [5.41, 5.74) is 1.16. The van der Waals surface area contributed by atoms with Crippen molar-refractivity contribution in [3.63, 3.8) is 0 Å². The van der Waals surface area contributed by atoms with E-state index in [1.54, 1.807) is 11.8 Å². The van der Waals surface area contributed by atoms with Crippen LogP contribution in [0.1, 0.15) is 5.56 Å². The summed E-state index contributed by atoms with van der Waals surface area (Å²) >= 11 is 0.0403. The molecule has 0 unspecified atom stereocenters. The molecular formula is C8H8Cl2RuS. The van der Waals surface area contributed by atoms with Crippen molar-refractivity contribution in [3.05, 3.63) is 29.8 Å². The predicted octanol–water partition coefficient (Wildman–Crippen LogP) is 3.48. The van der Waals surface area contributed by atoms with Crippen molar-refractivity contribution in [2.45, 2.75) is 4.90 Å². The van der Waals surface area contributed by atoms with E-state index >= 15 is 0 Å². The van der Waals surface area contributed by atoms with Gasteiger partial charge in [-0.2, -0.15) is 0 Å². The summed E-state index contributed by atoms with van der Waals surface area (Å²) in [5, 5.41) is 0. The van der Waals surface area contributed by atoms with E-state index in [0.29, 0.717) is 0 Å². The third-order valence-electron chi connectivity index (χ3n) is 1.33. The molecule has 0 aliphatic carbocycles. The second-order valence-corrected chi connectivity index (χ2v) is 8.62. The summed E-state index contributed by atoms with van der Waals surface area (Å²) in [6.07, 6.45) is 2.05. The molecule has 12 heavy (non-hydrogen) atoms. The van der Waals surface area contributed by atoms with Crippen molar-refractivity contribution in [3.8, 4) is 0 Å². The van der Waals surface area contributed by atoms with Crippen LogP contribution in [0.15, 0.2) is 29.2 Å². The van der Waals surface area contributed by atoms with Crippen molar-refractivity contribution in [2.24, 2.45) is 0 Å². The van der Waals surface area contributed by atoms with E-state index in [2.05, 4.69) is 6.07 Å². The zero-order valence-corrected chi connectivity index (χ0v) is 10.5. The molecule has 0 spiro atoms. The summed E-state index contributed by atoms with van der Waals surface area (Å²) in [4.78, 5) is 1.23. The van der Waals surface area contributed by atoms with Crippen molar-refractivity contribution in [1.82, 2.24) is 0 Å². The molecule has 0 saturated heterocycles. The Labute approximate surface area is 89.8 Å². The molecule has 0 fully saturated rings. The molecule has 0 atom stereocenters. The van der Waals surface area contributed by atoms with E-state index in [4.69, 9.17) is 19.4 Å². The van der Waals surface area contributed by atoms with E-state index in [-0.39, 0.29) is 0 Å². The van der Waals surface area contributed by atoms with Crippen molar-refractivity contribution in [2.75, 3.05) is 6.26 Å². The van der Waals surface area contributed by atoms with Crippen LogP contribution in [0.4, 0.5) is 0 Å². The molecule has 1 rings (SSSR count). The first kappa shape index (κ1) is 10.7. The molecule has 0 bridgehead atoms. The summed E-state index contributed by atoms with van der Waals surface area (Å²) in [6, 6.07) is 8.12. The second-order valence-electron chi connectivity index (χ2n) is 2.05. The molecule has 1 aromatic rings. The van der Waals surface area contributed by atoms with Crippen molar-refractivity contribution >= 4 is 35.8 Å². The second kappa shape index (κ2) is 5.39. The first-order valence-electron chi connectivity index (χ1n) is 3.20. The third kappa shape index (κ3) is 3.18. The van der Waals surface area contributed by atoms with Gasteiger partial charge in [-0.25, -0.2) is 0 Å². The molecule has 4 heteroatoms. The maximum absolute atomic E-state index is 5.79. The van der Waals surface area contributed by atoms with Crippen LogP contribution in [0, 0.1) is 0 Å². The Bertz CT molecular complexity index is 295. The fourth-order valence-electron chi connectivity index (χ4n) is 0.834. The minimum absolute atomic E-state index is 1.16. The van der Waals surface area contributed by atoms with Gasteiger partial charge in [-0.3, -0.25) is 0 Å². The van der Waals surface area contributed by atoms with Gasteiger partial charge >= 0.3 is 90.3 Å². The standard InChI is InChI=1S/C8H8S.2ClH.Ru/c1-7-5-3-4-6-8(7)9-2;;;/h1,3-6H,2H3;2*1H;/q;;;+2/p-2. The molecule has 68 valence electrons. The minimum atomic E-state index is -1.67. The normalized spacial score (nSPS) is 11.1. The zero-order valence-electron chi connectivity index (χ0n) is 6.40. The van der Waals surface area contributed by atoms with Gasteiger partial charge in [0.25, 0.3) is 0 Å². The van der Waals surface area contributed by atoms with E-state index in [0.717, 1.165) is 5.56 Å². The molecule has 0 aromatic heterocycles. The van der Waals surface area contributed by atoms with E-state index in [9.17, 15) is 0 Å². The van der Waals surface area contributed by atoms with Crippen LogP contribution >= 0.6 is 31.1 Å². The van der Waals surface area contributed by atoms with Gasteiger partial charge in [0, 0.05) is 0 Å². The molecule has 0 N–H and O–H groups in total. The average Bonchev–Trinajstić information content (AvgIpc) is 2.04. The van der Waals surface area contributed by atoms with E-state index < -0.39 is 13.5 Å². The molecule has 0 aliphatic rings. The molecule has 0 saturated carbocycles. The zero-order chi connectivity index (χ0) is 8.97. The summed E-state index contributed by atoms with van der Waals surface area (Å²) in [5.74, 6) is 0. The van der Waals surface area contributed by atoms with Crippen LogP contribution < -0.4 is 0 Å². The van der Waals surface area contributed by atoms with Crippen LogP contribution in [0.25, 0.3) is 0 Å². The third-order valence-corrected chi connectivity index (χ3v) is 3.97. The van der Waals surface area contributed by atoms with Gasteiger partial charge in [0.15, 0.2) is 0 Å². The van der Waals surface area contributed by atoms with Crippen LogP contribution in [0.2, 0.25) is 0 Å². The molecule has 1 aromatic carbocycles. The Morgan fingerprint density at radius 1 is 1.33 bits per heavy atom. The van der Waals surface area contributed by atoms with Crippen LogP contribution in [-0.4, -0.2) is 10.9 Å². The topological polar surface area (TPSA) is 0 Å². The number of halogens is 2. The average molecular weight is 308 g/mol. The quantitative estimate of drug-likeness (QED) is 0.595. The van der Waals surface area contributed by atoms with Gasteiger partial charge < -0.3 is 0 Å². The van der Waals surface area contributed by atoms with Crippen LogP contribution in [0.5, 0.6) is 0 Å². The first-order chi connectivity index (χ1) is 5.74. The van der Waals surface area contributed by atoms with Crippen molar-refractivity contribution in [1.29, 1.82) is 0 Å². The van der Waals surface area contributed by atoms with Crippen LogP contribution in [-0.2, 0) is 13.5 Å². The van der Waals surface area contributed by atoms with Gasteiger partial charge in [0.1, 0.15) is 0 Å². The number of thioether (sulfide) groups is 1. The fourth-order valence-corrected chi connectivity index (χ4v) is 3.41. The first-order valence-corrected chi connectivity index (χ1v) is 9.90. The van der Waals surface area contributed by atoms with Gasteiger partial charge in [-0.15, -0.1) is 0 Å². The fraction of sp³-hybridized carbons (Fsp3) is 0.125. The van der Waals surface area contributed by atoms with Gasteiger partial charge in [0.05, 0.1) is 0 Å². The Kier molecular flexibility index (Phi) is 4.82. The van der Waals surface area contributed by atoms with Crippen LogP contribution in [0.3, 0.4) is 0 Å². The maximum atomic E-state index is 5.79. The number of hydrogen-bond acceptors (Lipinski definition) is 1. The Morgan fingerprint density at radius 2 is 2.00 bits per heavy atom. The summed E-state index contributed by atoms with van der Waals surface area (Å²) in [6.45, 7) is 0. The molecule has 0 nitrogen and oxygen atoms in total. The van der Waals surface area contributed by atoms with Crippen molar-refractivity contribution < 1.29 is 13.5 Å². The Morgan fingerprint density at radius 3 is 2.58 bits per heavy atom. The van der Waals surface area contributed by atoms with Gasteiger partial charge in [0.2, 0.25) is 0 Å². The molecule has 0 radical (unpaired) electrons. The van der Waals surface area contributed by atoms with Gasteiger partial charge in [-0.1, -0.05) is 0 Å². The number of rotatable bonds is 2. The Hall–Kier alpha value is 0.643. The monoisotopic (exact) mass is 308 g/mol. The number of hydrogen-bond donors (Lipinski definition) is 0. The Balaban J connectivity index is 3.05. The number of benzene rings is 1. The SMILES string of the molecule is CSc1ccccc1[CH]=[Ru]([Cl])[Cl]. The summed E-state index contributed by atoms with van der Waals surface area (Å²) < 4.78 is 1.97. The predicted molar refractivity (Wildman–Crippen MR) is 55.1 cm³/mol. The van der Waals surface area contributed by atoms with E-state index in [1.807, 2.05) is 29.1 Å². The molecule has 0 heterocycles. The van der Waals surface area contributed by atoms with E-state index in [1.165, 1.54) is 4.90 Å². The molecule has 0 aliphatic heterocycles. The molecular weight excluding hydrogens is 300 g/mol. The summed E-state index contributed by atoms with van der Waals surface area (Å²) in [7, 11) is 11.6. The molecule has 0 amide bonds. The van der Waals surface area contributed by atoms with Gasteiger partial charge in [-0.05, 0) is 0 Å².